The van der Waals surface area contributed by atoms with E-state index >= 15 is 0 Å². The predicted molar refractivity (Wildman–Crippen MR) is 91.8 cm³/mol. The molecule has 1 heterocycles. The fourth-order valence-electron chi connectivity index (χ4n) is 2.97. The SMILES string of the molecule is O=C(NCc1ccccc1OC1CCC1)NCC1CCCS1(=O)=O. The van der Waals surface area contributed by atoms with Crippen molar-refractivity contribution in [3.8, 4) is 5.75 Å². The highest BCUT2D eigenvalue weighted by Gasteiger charge is 2.31. The van der Waals surface area contributed by atoms with Crippen LogP contribution in [-0.4, -0.2) is 38.1 Å². The summed E-state index contributed by atoms with van der Waals surface area (Å²) in [7, 11) is -3.03. The molecule has 2 fully saturated rings. The van der Waals surface area contributed by atoms with Gasteiger partial charge in [-0.15, -0.1) is 0 Å². The highest BCUT2D eigenvalue weighted by atomic mass is 32.2. The first kappa shape index (κ1) is 17.1. The van der Waals surface area contributed by atoms with Gasteiger partial charge < -0.3 is 15.4 Å². The third-order valence-electron chi connectivity index (χ3n) is 4.71. The first-order valence-electron chi connectivity index (χ1n) is 8.52. The molecule has 1 unspecified atom stereocenters. The van der Waals surface area contributed by atoms with E-state index in [1.807, 2.05) is 24.3 Å². The van der Waals surface area contributed by atoms with Crippen LogP contribution in [0.4, 0.5) is 4.79 Å². The molecule has 0 bridgehead atoms. The maximum atomic E-state index is 11.9. The van der Waals surface area contributed by atoms with Crippen LogP contribution < -0.4 is 15.4 Å². The van der Waals surface area contributed by atoms with Gasteiger partial charge in [-0.3, -0.25) is 0 Å². The van der Waals surface area contributed by atoms with E-state index in [-0.39, 0.29) is 24.4 Å². The number of ether oxygens (including phenoxy) is 1. The molecule has 2 N–H and O–H groups in total. The van der Waals surface area contributed by atoms with E-state index < -0.39 is 15.1 Å². The van der Waals surface area contributed by atoms with E-state index in [4.69, 9.17) is 4.74 Å². The molecule has 0 radical (unpaired) electrons. The monoisotopic (exact) mass is 352 g/mol. The van der Waals surface area contributed by atoms with Crippen molar-refractivity contribution in [1.82, 2.24) is 10.6 Å². The molecule has 1 aliphatic carbocycles. The Labute approximate surface area is 142 Å². The first-order valence-corrected chi connectivity index (χ1v) is 10.2. The van der Waals surface area contributed by atoms with Crippen molar-refractivity contribution < 1.29 is 17.9 Å². The molecule has 2 amide bonds. The standard InChI is InChI=1S/C17H24N2O4S/c20-17(19-12-15-8-4-10-24(15,21)22)18-11-13-5-1-2-9-16(13)23-14-6-3-7-14/h1-2,5,9,14-15H,3-4,6-8,10-12H2,(H2,18,19,20). The Morgan fingerprint density at radius 1 is 1.12 bits per heavy atom. The van der Waals surface area contributed by atoms with Gasteiger partial charge in [-0.2, -0.15) is 0 Å². The minimum atomic E-state index is -3.03. The summed E-state index contributed by atoms with van der Waals surface area (Å²) in [4.78, 5) is 11.9. The second-order valence-corrected chi connectivity index (χ2v) is 8.87. The summed E-state index contributed by atoms with van der Waals surface area (Å²) in [6.07, 6.45) is 4.96. The lowest BCUT2D eigenvalue weighted by atomic mass is 9.96. The number of carbonyl (C=O) groups is 1. The number of nitrogens with one attached hydrogen (secondary N) is 2. The average molecular weight is 352 g/mol. The Morgan fingerprint density at radius 2 is 1.92 bits per heavy atom. The molecule has 1 saturated heterocycles. The molecule has 0 spiro atoms. The molecule has 1 atom stereocenters. The largest absolute Gasteiger partial charge is 0.490 e. The zero-order valence-electron chi connectivity index (χ0n) is 13.7. The van der Waals surface area contributed by atoms with Crippen molar-refractivity contribution in [1.29, 1.82) is 0 Å². The van der Waals surface area contributed by atoms with Crippen molar-refractivity contribution in [2.45, 2.75) is 50.0 Å². The smallest absolute Gasteiger partial charge is 0.315 e. The van der Waals surface area contributed by atoms with E-state index in [1.165, 1.54) is 6.42 Å². The zero-order chi connectivity index (χ0) is 17.0. The highest BCUT2D eigenvalue weighted by Crippen LogP contribution is 2.27. The number of amides is 2. The van der Waals surface area contributed by atoms with E-state index in [0.717, 1.165) is 24.2 Å². The summed E-state index contributed by atoms with van der Waals surface area (Å²) in [5.41, 5.74) is 0.924. The van der Waals surface area contributed by atoms with E-state index in [2.05, 4.69) is 10.6 Å². The zero-order valence-corrected chi connectivity index (χ0v) is 14.5. The summed E-state index contributed by atoms with van der Waals surface area (Å²) in [6, 6.07) is 7.32. The van der Waals surface area contributed by atoms with E-state index in [1.54, 1.807) is 0 Å². The van der Waals surface area contributed by atoms with Gasteiger partial charge in [-0.1, -0.05) is 18.2 Å². The number of rotatable bonds is 6. The van der Waals surface area contributed by atoms with Crippen molar-refractivity contribution in [3.05, 3.63) is 29.8 Å². The molecule has 1 aliphatic heterocycles. The van der Waals surface area contributed by atoms with Crippen molar-refractivity contribution in [2.24, 2.45) is 0 Å². The highest BCUT2D eigenvalue weighted by molar-refractivity contribution is 7.92. The lowest BCUT2D eigenvalue weighted by molar-refractivity contribution is 0.119. The predicted octanol–water partition coefficient (Wildman–Crippen LogP) is 1.99. The normalized spacial score (nSPS) is 22.6. The quantitative estimate of drug-likeness (QED) is 0.820. The summed E-state index contributed by atoms with van der Waals surface area (Å²) in [5, 5.41) is 4.99. The van der Waals surface area contributed by atoms with Crippen LogP contribution in [0.5, 0.6) is 5.75 Å². The molecular formula is C17H24N2O4S. The van der Waals surface area contributed by atoms with Crippen LogP contribution >= 0.6 is 0 Å². The van der Waals surface area contributed by atoms with Gasteiger partial charge in [-0.05, 0) is 38.2 Å². The summed E-state index contributed by atoms with van der Waals surface area (Å²) >= 11 is 0. The summed E-state index contributed by atoms with van der Waals surface area (Å²) in [6.45, 7) is 0.528. The van der Waals surface area contributed by atoms with Gasteiger partial charge >= 0.3 is 6.03 Å². The Kier molecular flexibility index (Phi) is 5.28. The molecule has 1 aromatic carbocycles. The number of carbonyl (C=O) groups excluding carboxylic acids is 1. The third-order valence-corrected chi connectivity index (χ3v) is 6.99. The maximum Gasteiger partial charge on any atom is 0.315 e. The lowest BCUT2D eigenvalue weighted by Crippen LogP contribution is -2.40. The van der Waals surface area contributed by atoms with Gasteiger partial charge in [0.15, 0.2) is 9.84 Å². The van der Waals surface area contributed by atoms with Gasteiger partial charge in [0.1, 0.15) is 5.75 Å². The second kappa shape index (κ2) is 7.42. The minimum Gasteiger partial charge on any atom is -0.490 e. The number of hydrogen-bond acceptors (Lipinski definition) is 4. The molecule has 7 heteroatoms. The summed E-state index contributed by atoms with van der Waals surface area (Å²) < 4.78 is 29.4. The van der Waals surface area contributed by atoms with Gasteiger partial charge in [0.25, 0.3) is 0 Å². The van der Waals surface area contributed by atoms with Crippen LogP contribution in [0.15, 0.2) is 24.3 Å². The van der Waals surface area contributed by atoms with Crippen molar-refractivity contribution >= 4 is 15.9 Å². The molecule has 24 heavy (non-hydrogen) atoms. The number of para-hydroxylation sites is 1. The van der Waals surface area contributed by atoms with Gasteiger partial charge in [0.05, 0.1) is 17.1 Å². The number of hydrogen-bond donors (Lipinski definition) is 2. The average Bonchev–Trinajstić information content (AvgIpc) is 2.86. The summed E-state index contributed by atoms with van der Waals surface area (Å²) in [5.74, 6) is 1.04. The first-order chi connectivity index (χ1) is 11.5. The van der Waals surface area contributed by atoms with Gasteiger partial charge in [0, 0.05) is 18.7 Å². The number of benzene rings is 1. The Bertz CT molecular complexity index is 686. The molecule has 132 valence electrons. The third kappa shape index (κ3) is 4.20. The Hall–Kier alpha value is -1.76. The van der Waals surface area contributed by atoms with E-state index in [0.29, 0.717) is 19.4 Å². The van der Waals surface area contributed by atoms with Crippen LogP contribution in [0.1, 0.15) is 37.7 Å². The molecule has 0 aromatic heterocycles. The number of sulfone groups is 1. The number of urea groups is 1. The Morgan fingerprint density at radius 3 is 2.58 bits per heavy atom. The topological polar surface area (TPSA) is 84.5 Å². The second-order valence-electron chi connectivity index (χ2n) is 6.47. The maximum absolute atomic E-state index is 11.9. The van der Waals surface area contributed by atoms with Crippen LogP contribution in [0, 0.1) is 0 Å². The molecule has 6 nitrogen and oxygen atoms in total. The van der Waals surface area contributed by atoms with Crippen LogP contribution in [0.3, 0.4) is 0 Å². The lowest BCUT2D eigenvalue weighted by Gasteiger charge is -2.27. The van der Waals surface area contributed by atoms with Crippen LogP contribution in [0.2, 0.25) is 0 Å². The molecule has 1 aromatic rings. The minimum absolute atomic E-state index is 0.175. The molecular weight excluding hydrogens is 328 g/mol. The van der Waals surface area contributed by atoms with Gasteiger partial charge in [0.2, 0.25) is 0 Å². The van der Waals surface area contributed by atoms with Crippen LogP contribution in [0.25, 0.3) is 0 Å². The molecule has 3 rings (SSSR count). The van der Waals surface area contributed by atoms with E-state index in [9.17, 15) is 13.2 Å². The van der Waals surface area contributed by atoms with Crippen LogP contribution in [-0.2, 0) is 16.4 Å². The Balaban J connectivity index is 1.47. The fourth-order valence-corrected chi connectivity index (χ4v) is 4.73. The van der Waals surface area contributed by atoms with Gasteiger partial charge in [-0.25, -0.2) is 13.2 Å². The molecule has 1 saturated carbocycles. The molecule has 2 aliphatic rings. The fraction of sp³-hybridized carbons (Fsp3) is 0.588. The van der Waals surface area contributed by atoms with Crippen molar-refractivity contribution in [3.63, 3.8) is 0 Å². The van der Waals surface area contributed by atoms with Crippen molar-refractivity contribution in [2.75, 3.05) is 12.3 Å².